The minimum atomic E-state index is -1.37. The van der Waals surface area contributed by atoms with Gasteiger partial charge in [-0.05, 0) is 48.4 Å². The Hall–Kier alpha value is -4.21. The van der Waals surface area contributed by atoms with E-state index in [0.717, 1.165) is 12.2 Å². The summed E-state index contributed by atoms with van der Waals surface area (Å²) < 4.78 is 5.16. The molecule has 0 aliphatic heterocycles. The molecule has 170 valence electrons. The zero-order chi connectivity index (χ0) is 24.3. The molecule has 2 aromatic rings. The van der Waals surface area contributed by atoms with Crippen molar-refractivity contribution < 1.29 is 44.7 Å². The maximum Gasteiger partial charge on any atom is 0.336 e. The van der Waals surface area contributed by atoms with Gasteiger partial charge < -0.3 is 30.3 Å². The Labute approximate surface area is 187 Å². The zero-order valence-corrected chi connectivity index (χ0v) is 17.3. The molecule has 0 amide bonds. The van der Waals surface area contributed by atoms with Crippen molar-refractivity contribution in [2.45, 2.75) is 19.1 Å². The van der Waals surface area contributed by atoms with Crippen LogP contribution in [0.2, 0.25) is 0 Å². The summed E-state index contributed by atoms with van der Waals surface area (Å²) in [6.45, 7) is 1.30. The van der Waals surface area contributed by atoms with Gasteiger partial charge in [0.2, 0.25) is 11.6 Å². The van der Waals surface area contributed by atoms with Crippen LogP contribution in [0, 0.1) is 0 Å². The zero-order valence-electron chi connectivity index (χ0n) is 17.3. The highest BCUT2D eigenvalue weighted by Crippen LogP contribution is 2.36. The first-order valence-corrected chi connectivity index (χ1v) is 9.72. The third-order valence-corrected chi connectivity index (χ3v) is 4.78. The molecule has 0 radical (unpaired) electrons. The van der Waals surface area contributed by atoms with Gasteiger partial charge in [-0.25, -0.2) is 4.79 Å². The van der Waals surface area contributed by atoms with E-state index >= 15 is 0 Å². The standard InChI is InChI=1S/C24H20O9/c1-12(25)17(28)10-11-18(29)33-24-20(14-4-8-16(27)9-5-14)22(31)21(30)19(23(24)32)13-2-6-15(26)7-3-13/h2-12,17,25-28,30H,1H3. The second kappa shape index (κ2) is 9.51. The van der Waals surface area contributed by atoms with E-state index in [1.807, 2.05) is 0 Å². The van der Waals surface area contributed by atoms with E-state index in [1.165, 1.54) is 55.5 Å². The maximum atomic E-state index is 13.3. The lowest BCUT2D eigenvalue weighted by Gasteiger charge is -2.21. The number of aliphatic hydroxyl groups is 3. The summed E-state index contributed by atoms with van der Waals surface area (Å²) in [5.74, 6) is -4.87. The summed E-state index contributed by atoms with van der Waals surface area (Å²) in [6, 6.07) is 10.2. The number of ether oxygens (including phenoxy) is 1. The molecule has 0 saturated heterocycles. The molecule has 33 heavy (non-hydrogen) atoms. The van der Waals surface area contributed by atoms with Crippen LogP contribution >= 0.6 is 0 Å². The SMILES string of the molecule is CC(O)C(O)C=CC(=O)OC1=C(c2ccc(O)cc2)C(=O)C(O)=C(c2ccc(O)cc2)C1=O. The van der Waals surface area contributed by atoms with Gasteiger partial charge in [-0.15, -0.1) is 0 Å². The number of aliphatic hydroxyl groups excluding tert-OH is 3. The average Bonchev–Trinajstić information content (AvgIpc) is 2.78. The molecule has 9 nitrogen and oxygen atoms in total. The van der Waals surface area contributed by atoms with Gasteiger partial charge in [0.1, 0.15) is 11.5 Å². The van der Waals surface area contributed by atoms with E-state index in [1.54, 1.807) is 0 Å². The van der Waals surface area contributed by atoms with Crippen molar-refractivity contribution >= 4 is 28.7 Å². The Kier molecular flexibility index (Phi) is 6.76. The van der Waals surface area contributed by atoms with E-state index in [4.69, 9.17) is 4.74 Å². The van der Waals surface area contributed by atoms with Gasteiger partial charge in [0.15, 0.2) is 11.5 Å². The molecule has 0 spiro atoms. The number of hydrogen-bond donors (Lipinski definition) is 5. The lowest BCUT2D eigenvalue weighted by Crippen LogP contribution is -2.25. The molecule has 3 rings (SSSR count). The van der Waals surface area contributed by atoms with Crippen LogP contribution < -0.4 is 0 Å². The summed E-state index contributed by atoms with van der Waals surface area (Å²) >= 11 is 0. The first-order chi connectivity index (χ1) is 15.6. The van der Waals surface area contributed by atoms with E-state index < -0.39 is 52.4 Å². The molecule has 2 unspecified atom stereocenters. The highest BCUT2D eigenvalue weighted by Gasteiger charge is 2.38. The number of aromatic hydroxyl groups is 2. The Morgan fingerprint density at radius 1 is 0.818 bits per heavy atom. The summed E-state index contributed by atoms with van der Waals surface area (Å²) in [4.78, 5) is 38.7. The predicted molar refractivity (Wildman–Crippen MR) is 116 cm³/mol. The van der Waals surface area contributed by atoms with Gasteiger partial charge in [0.25, 0.3) is 0 Å². The number of esters is 1. The molecule has 0 fully saturated rings. The van der Waals surface area contributed by atoms with Crippen molar-refractivity contribution in [3.63, 3.8) is 0 Å². The maximum absolute atomic E-state index is 13.3. The van der Waals surface area contributed by atoms with Crippen LogP contribution in [-0.2, 0) is 19.1 Å². The molecule has 0 heterocycles. The third kappa shape index (κ3) is 5.00. The van der Waals surface area contributed by atoms with Crippen molar-refractivity contribution in [3.05, 3.63) is 83.3 Å². The lowest BCUT2D eigenvalue weighted by atomic mass is 9.86. The van der Waals surface area contributed by atoms with Crippen LogP contribution in [0.3, 0.4) is 0 Å². The topological polar surface area (TPSA) is 162 Å². The molecule has 1 aliphatic carbocycles. The average molecular weight is 452 g/mol. The van der Waals surface area contributed by atoms with Crippen molar-refractivity contribution in [1.82, 2.24) is 0 Å². The fraction of sp³-hybridized carbons (Fsp3) is 0.125. The quantitative estimate of drug-likeness (QED) is 0.250. The van der Waals surface area contributed by atoms with Gasteiger partial charge >= 0.3 is 5.97 Å². The lowest BCUT2D eigenvalue weighted by molar-refractivity contribution is -0.136. The highest BCUT2D eigenvalue weighted by molar-refractivity contribution is 6.47. The molecular weight excluding hydrogens is 432 g/mol. The number of allylic oxidation sites excluding steroid dienone is 2. The first-order valence-electron chi connectivity index (χ1n) is 9.72. The second-order valence-electron chi connectivity index (χ2n) is 7.19. The molecule has 2 aromatic carbocycles. The Morgan fingerprint density at radius 3 is 1.79 bits per heavy atom. The number of carbonyl (C=O) groups is 3. The largest absolute Gasteiger partial charge is 0.508 e. The van der Waals surface area contributed by atoms with Gasteiger partial charge in [0, 0.05) is 6.08 Å². The van der Waals surface area contributed by atoms with Crippen LogP contribution in [0.1, 0.15) is 18.1 Å². The molecule has 2 atom stereocenters. The third-order valence-electron chi connectivity index (χ3n) is 4.78. The fourth-order valence-electron chi connectivity index (χ4n) is 3.03. The van der Waals surface area contributed by atoms with Crippen LogP contribution in [0.4, 0.5) is 0 Å². The minimum absolute atomic E-state index is 0.0956. The number of phenols is 2. The molecule has 9 heteroatoms. The Bertz CT molecular complexity index is 1180. The fourth-order valence-corrected chi connectivity index (χ4v) is 3.03. The molecule has 0 aromatic heterocycles. The normalized spacial score (nSPS) is 16.3. The monoisotopic (exact) mass is 452 g/mol. The van der Waals surface area contributed by atoms with Crippen LogP contribution in [0.5, 0.6) is 11.5 Å². The summed E-state index contributed by atoms with van der Waals surface area (Å²) in [5.41, 5.74) is -0.642. The molecule has 0 bridgehead atoms. The summed E-state index contributed by atoms with van der Waals surface area (Å²) in [6.07, 6.45) is -0.797. The smallest absolute Gasteiger partial charge is 0.336 e. The highest BCUT2D eigenvalue weighted by atomic mass is 16.5. The molecule has 5 N–H and O–H groups in total. The predicted octanol–water partition coefficient (Wildman–Crippen LogP) is 1.77. The first kappa shape index (κ1) is 23.5. The number of hydrogen-bond acceptors (Lipinski definition) is 9. The van der Waals surface area contributed by atoms with Crippen LogP contribution in [0.25, 0.3) is 11.1 Å². The van der Waals surface area contributed by atoms with Gasteiger partial charge in [-0.3, -0.25) is 9.59 Å². The number of rotatable bonds is 6. The van der Waals surface area contributed by atoms with Crippen molar-refractivity contribution in [2.24, 2.45) is 0 Å². The molecule has 1 aliphatic rings. The van der Waals surface area contributed by atoms with Crippen molar-refractivity contribution in [1.29, 1.82) is 0 Å². The van der Waals surface area contributed by atoms with Crippen LogP contribution in [-0.4, -0.2) is 55.3 Å². The number of phenolic OH excluding ortho intramolecular Hbond substituents is 2. The van der Waals surface area contributed by atoms with Crippen molar-refractivity contribution in [2.75, 3.05) is 0 Å². The van der Waals surface area contributed by atoms with E-state index in [2.05, 4.69) is 0 Å². The van der Waals surface area contributed by atoms with Gasteiger partial charge in [-0.1, -0.05) is 24.3 Å². The molecular formula is C24H20O9. The van der Waals surface area contributed by atoms with Crippen LogP contribution in [0.15, 0.2) is 72.2 Å². The number of carbonyl (C=O) groups excluding carboxylic acids is 3. The summed E-state index contributed by atoms with van der Waals surface area (Å²) in [5, 5.41) is 48.5. The van der Waals surface area contributed by atoms with E-state index in [9.17, 15) is 39.9 Å². The second-order valence-corrected chi connectivity index (χ2v) is 7.19. The number of benzene rings is 2. The van der Waals surface area contributed by atoms with E-state index in [-0.39, 0.29) is 22.6 Å². The number of Topliss-reactive ketones (excluding diaryl/α,β-unsaturated/α-hetero) is 2. The van der Waals surface area contributed by atoms with E-state index in [0.29, 0.717) is 0 Å². The van der Waals surface area contributed by atoms with Crippen molar-refractivity contribution in [3.8, 4) is 11.5 Å². The molecule has 0 saturated carbocycles. The van der Waals surface area contributed by atoms with Gasteiger partial charge in [0.05, 0.1) is 23.4 Å². The van der Waals surface area contributed by atoms with Gasteiger partial charge in [-0.2, -0.15) is 0 Å². The summed E-state index contributed by atoms with van der Waals surface area (Å²) in [7, 11) is 0. The Morgan fingerprint density at radius 2 is 1.30 bits per heavy atom. The minimum Gasteiger partial charge on any atom is -0.508 e. The number of ketones is 2. The Balaban J connectivity index is 2.10.